The second kappa shape index (κ2) is 6.28. The molecule has 1 aromatic rings. The van der Waals surface area contributed by atoms with Gasteiger partial charge in [0.2, 0.25) is 0 Å². The number of nitrogens with one attached hydrogen (secondary N) is 1. The molecule has 1 aliphatic carbocycles. The second-order valence-corrected chi connectivity index (χ2v) is 5.36. The van der Waals surface area contributed by atoms with Gasteiger partial charge in [0.1, 0.15) is 5.82 Å². The van der Waals surface area contributed by atoms with Gasteiger partial charge in [0.15, 0.2) is 0 Å². The Morgan fingerprint density at radius 3 is 2.67 bits per heavy atom. The van der Waals surface area contributed by atoms with Gasteiger partial charge >= 0.3 is 0 Å². The summed E-state index contributed by atoms with van der Waals surface area (Å²) in [6.07, 6.45) is 7.68. The van der Waals surface area contributed by atoms with E-state index in [0.29, 0.717) is 6.04 Å². The van der Waals surface area contributed by atoms with Crippen LogP contribution in [0, 0.1) is 11.7 Å². The molecule has 1 N–H and O–H groups in total. The molecule has 1 unspecified atom stereocenters. The minimum atomic E-state index is -0.266. The molecule has 1 heterocycles. The van der Waals surface area contributed by atoms with Crippen LogP contribution in [-0.2, 0) is 0 Å². The molecule has 2 atom stereocenters. The number of aromatic nitrogens is 1. The van der Waals surface area contributed by atoms with E-state index in [9.17, 15) is 4.39 Å². The van der Waals surface area contributed by atoms with Gasteiger partial charge in [-0.3, -0.25) is 4.98 Å². The molecule has 0 spiro atoms. The molecule has 18 heavy (non-hydrogen) atoms. The molecule has 3 heteroatoms. The van der Waals surface area contributed by atoms with E-state index in [1.165, 1.54) is 37.9 Å². The number of pyridine rings is 1. The zero-order valence-electron chi connectivity index (χ0n) is 11.3. The Bertz CT molecular complexity index is 357. The van der Waals surface area contributed by atoms with Gasteiger partial charge in [-0.1, -0.05) is 19.8 Å². The first-order valence-electron chi connectivity index (χ1n) is 7.08. The van der Waals surface area contributed by atoms with E-state index in [4.69, 9.17) is 0 Å². The first-order valence-corrected chi connectivity index (χ1v) is 7.08. The highest BCUT2D eigenvalue weighted by atomic mass is 19.1. The summed E-state index contributed by atoms with van der Waals surface area (Å²) >= 11 is 0. The van der Waals surface area contributed by atoms with Crippen molar-refractivity contribution in [2.24, 2.45) is 5.92 Å². The topological polar surface area (TPSA) is 24.9 Å². The summed E-state index contributed by atoms with van der Waals surface area (Å²) in [5.74, 6) is 0.525. The predicted octanol–water partition coefficient (Wildman–Crippen LogP) is 3.84. The van der Waals surface area contributed by atoms with Crippen LogP contribution in [0.25, 0.3) is 0 Å². The van der Waals surface area contributed by atoms with Crippen molar-refractivity contribution in [3.63, 3.8) is 0 Å². The average molecular weight is 250 g/mol. The Morgan fingerprint density at radius 1 is 1.39 bits per heavy atom. The maximum Gasteiger partial charge on any atom is 0.141 e. The highest BCUT2D eigenvalue weighted by Crippen LogP contribution is 2.29. The summed E-state index contributed by atoms with van der Waals surface area (Å²) < 4.78 is 12.9. The fourth-order valence-electron chi connectivity index (χ4n) is 2.92. The highest BCUT2D eigenvalue weighted by molar-refractivity contribution is 5.10. The largest absolute Gasteiger partial charge is 0.306 e. The lowest BCUT2D eigenvalue weighted by Crippen LogP contribution is -2.35. The zero-order chi connectivity index (χ0) is 13.0. The Morgan fingerprint density at radius 2 is 2.11 bits per heavy atom. The van der Waals surface area contributed by atoms with Crippen LogP contribution in [0.1, 0.15) is 57.7 Å². The molecule has 100 valence electrons. The number of rotatable bonds is 5. The van der Waals surface area contributed by atoms with E-state index in [-0.39, 0.29) is 11.9 Å². The summed E-state index contributed by atoms with van der Waals surface area (Å²) in [5.41, 5.74) is 0.948. The van der Waals surface area contributed by atoms with E-state index in [1.807, 2.05) is 0 Å². The number of hydrogen-bond donors (Lipinski definition) is 1. The van der Waals surface area contributed by atoms with Crippen LogP contribution in [0.3, 0.4) is 0 Å². The fourth-order valence-corrected chi connectivity index (χ4v) is 2.92. The Balaban J connectivity index is 1.97. The van der Waals surface area contributed by atoms with Crippen LogP contribution in [0.4, 0.5) is 4.39 Å². The zero-order valence-corrected chi connectivity index (χ0v) is 11.3. The fraction of sp³-hybridized carbons (Fsp3) is 0.667. The third-order valence-corrected chi connectivity index (χ3v) is 4.09. The Hall–Kier alpha value is -0.960. The smallest absolute Gasteiger partial charge is 0.141 e. The first-order chi connectivity index (χ1) is 8.70. The minimum Gasteiger partial charge on any atom is -0.306 e. The van der Waals surface area contributed by atoms with Gasteiger partial charge in [-0.05, 0) is 44.2 Å². The van der Waals surface area contributed by atoms with E-state index < -0.39 is 0 Å². The molecule has 0 aromatic carbocycles. The maximum atomic E-state index is 12.9. The minimum absolute atomic E-state index is 0.237. The molecule has 0 radical (unpaired) electrons. The van der Waals surface area contributed by atoms with Gasteiger partial charge in [-0.25, -0.2) is 4.39 Å². The summed E-state index contributed by atoms with van der Waals surface area (Å²) in [7, 11) is 0. The van der Waals surface area contributed by atoms with Crippen LogP contribution in [0.15, 0.2) is 18.3 Å². The van der Waals surface area contributed by atoms with Crippen LogP contribution < -0.4 is 5.32 Å². The number of nitrogens with zero attached hydrogens (tertiary/aromatic N) is 1. The van der Waals surface area contributed by atoms with Crippen molar-refractivity contribution in [3.8, 4) is 0 Å². The standard InChI is InChI=1S/C15H23FN2/c1-3-14(15-9-8-13(16)10-17-15)18-11(2)12-6-4-5-7-12/h8-12,14,18H,3-7H2,1-2H3/t11-,14?/m1/s1. The molecule has 0 saturated heterocycles. The summed E-state index contributed by atoms with van der Waals surface area (Å²) in [5, 5.41) is 3.66. The van der Waals surface area contributed by atoms with Gasteiger partial charge < -0.3 is 5.32 Å². The van der Waals surface area contributed by atoms with Crippen molar-refractivity contribution in [3.05, 3.63) is 29.8 Å². The van der Waals surface area contributed by atoms with Gasteiger partial charge in [0.25, 0.3) is 0 Å². The quantitative estimate of drug-likeness (QED) is 0.858. The van der Waals surface area contributed by atoms with Crippen molar-refractivity contribution in [1.82, 2.24) is 10.3 Å². The molecule has 2 rings (SSSR count). The maximum absolute atomic E-state index is 12.9. The lowest BCUT2D eigenvalue weighted by Gasteiger charge is -2.26. The average Bonchev–Trinajstić information content (AvgIpc) is 2.91. The summed E-state index contributed by atoms with van der Waals surface area (Å²) in [6, 6.07) is 4.04. The molecule has 1 aromatic heterocycles. The van der Waals surface area contributed by atoms with Crippen molar-refractivity contribution in [2.45, 2.75) is 58.0 Å². The van der Waals surface area contributed by atoms with Crippen LogP contribution in [0.2, 0.25) is 0 Å². The number of halogens is 1. The van der Waals surface area contributed by atoms with Crippen LogP contribution >= 0.6 is 0 Å². The summed E-state index contributed by atoms with van der Waals surface area (Å²) in [6.45, 7) is 4.41. The number of hydrogen-bond acceptors (Lipinski definition) is 2. The molecule has 0 bridgehead atoms. The van der Waals surface area contributed by atoms with Crippen LogP contribution in [0.5, 0.6) is 0 Å². The highest BCUT2D eigenvalue weighted by Gasteiger charge is 2.23. The summed E-state index contributed by atoms with van der Waals surface area (Å²) in [4.78, 5) is 4.19. The molecule has 0 aliphatic heterocycles. The molecule has 1 saturated carbocycles. The van der Waals surface area contributed by atoms with E-state index in [0.717, 1.165) is 18.0 Å². The molecule has 1 fully saturated rings. The van der Waals surface area contributed by atoms with Crippen molar-refractivity contribution < 1.29 is 4.39 Å². The van der Waals surface area contributed by atoms with Crippen molar-refractivity contribution in [2.75, 3.05) is 0 Å². The van der Waals surface area contributed by atoms with E-state index >= 15 is 0 Å². The van der Waals surface area contributed by atoms with Gasteiger partial charge in [-0.2, -0.15) is 0 Å². The Labute approximate surface area is 109 Å². The molecule has 1 aliphatic rings. The SMILES string of the molecule is CCC(N[C@H](C)C1CCCC1)c1ccc(F)cn1. The molecular weight excluding hydrogens is 227 g/mol. The third-order valence-electron chi connectivity index (χ3n) is 4.09. The lowest BCUT2D eigenvalue weighted by molar-refractivity contribution is 0.335. The third kappa shape index (κ3) is 3.29. The van der Waals surface area contributed by atoms with E-state index in [2.05, 4.69) is 24.1 Å². The Kier molecular flexibility index (Phi) is 4.70. The van der Waals surface area contributed by atoms with Crippen molar-refractivity contribution in [1.29, 1.82) is 0 Å². The van der Waals surface area contributed by atoms with Gasteiger partial charge in [0, 0.05) is 12.1 Å². The molecule has 0 amide bonds. The van der Waals surface area contributed by atoms with Crippen molar-refractivity contribution >= 4 is 0 Å². The predicted molar refractivity (Wildman–Crippen MR) is 71.8 cm³/mol. The monoisotopic (exact) mass is 250 g/mol. The molecular formula is C15H23FN2. The first kappa shape index (κ1) is 13.5. The lowest BCUT2D eigenvalue weighted by atomic mass is 9.98. The normalized spacial score (nSPS) is 19.9. The van der Waals surface area contributed by atoms with Gasteiger partial charge in [0.05, 0.1) is 11.9 Å². The molecule has 2 nitrogen and oxygen atoms in total. The van der Waals surface area contributed by atoms with E-state index in [1.54, 1.807) is 6.07 Å². The second-order valence-electron chi connectivity index (χ2n) is 5.36. The van der Waals surface area contributed by atoms with Gasteiger partial charge in [-0.15, -0.1) is 0 Å². The van der Waals surface area contributed by atoms with Crippen LogP contribution in [-0.4, -0.2) is 11.0 Å².